The molecule has 0 aliphatic rings. The summed E-state index contributed by atoms with van der Waals surface area (Å²) in [5.41, 5.74) is 5.71. The molecule has 25 heavy (non-hydrogen) atoms. The van der Waals surface area contributed by atoms with Crippen LogP contribution >= 0.6 is 0 Å². The summed E-state index contributed by atoms with van der Waals surface area (Å²) >= 11 is 0. The number of carbonyl (C=O) groups is 1. The molecule has 2 heterocycles. The van der Waals surface area contributed by atoms with Crippen LogP contribution < -0.4 is 10.9 Å². The number of nitrogens with zero attached hydrogens (tertiary/aromatic N) is 2. The fourth-order valence-electron chi connectivity index (χ4n) is 3.09. The number of benzene rings is 1. The van der Waals surface area contributed by atoms with Gasteiger partial charge in [-0.2, -0.15) is 5.10 Å². The van der Waals surface area contributed by atoms with E-state index in [0.29, 0.717) is 6.54 Å². The van der Waals surface area contributed by atoms with Gasteiger partial charge in [0, 0.05) is 30.7 Å². The Hall–Kier alpha value is -2.89. The standard InChI is InChI=1S/C19H22N4O2/c1-5-15-12(3)14-9-11(2)8-13(18(14)21-15)10-20-19(25)16-6-7-17(24)23(4)22-16/h6-9,21H,5,10H2,1-4H3,(H,20,25). The first kappa shape index (κ1) is 17.0. The van der Waals surface area contributed by atoms with Gasteiger partial charge in [-0.1, -0.05) is 18.6 Å². The van der Waals surface area contributed by atoms with Crippen LogP contribution in [0.3, 0.4) is 0 Å². The number of fused-ring (bicyclic) bond motifs is 1. The smallest absolute Gasteiger partial charge is 0.271 e. The Morgan fingerprint density at radius 1 is 1.28 bits per heavy atom. The molecule has 0 radical (unpaired) electrons. The molecule has 0 atom stereocenters. The Morgan fingerprint density at radius 2 is 2.04 bits per heavy atom. The summed E-state index contributed by atoms with van der Waals surface area (Å²) in [6.07, 6.45) is 0.938. The number of aromatic amines is 1. The summed E-state index contributed by atoms with van der Waals surface area (Å²) in [6.45, 7) is 6.69. The average Bonchev–Trinajstić information content (AvgIpc) is 2.91. The number of hydrogen-bond acceptors (Lipinski definition) is 3. The van der Waals surface area contributed by atoms with Crippen molar-refractivity contribution in [1.82, 2.24) is 20.1 Å². The fourth-order valence-corrected chi connectivity index (χ4v) is 3.09. The molecule has 3 rings (SSSR count). The highest BCUT2D eigenvalue weighted by Gasteiger charge is 2.13. The normalized spacial score (nSPS) is 11.0. The number of aromatic nitrogens is 3. The van der Waals surface area contributed by atoms with Crippen molar-refractivity contribution in [1.29, 1.82) is 0 Å². The molecule has 0 aliphatic heterocycles. The summed E-state index contributed by atoms with van der Waals surface area (Å²) in [5, 5.41) is 8.07. The van der Waals surface area contributed by atoms with E-state index < -0.39 is 0 Å². The number of aryl methyl sites for hydroxylation is 4. The van der Waals surface area contributed by atoms with Crippen molar-refractivity contribution in [2.24, 2.45) is 7.05 Å². The van der Waals surface area contributed by atoms with Crippen LogP contribution in [0.25, 0.3) is 10.9 Å². The van der Waals surface area contributed by atoms with Crippen LogP contribution in [0.2, 0.25) is 0 Å². The van der Waals surface area contributed by atoms with E-state index in [-0.39, 0.29) is 17.2 Å². The van der Waals surface area contributed by atoms with E-state index in [1.54, 1.807) is 0 Å². The summed E-state index contributed by atoms with van der Waals surface area (Å²) in [6, 6.07) is 7.03. The van der Waals surface area contributed by atoms with Crippen molar-refractivity contribution < 1.29 is 4.79 Å². The second-order valence-corrected chi connectivity index (χ2v) is 6.29. The van der Waals surface area contributed by atoms with Gasteiger partial charge in [-0.05, 0) is 43.5 Å². The van der Waals surface area contributed by atoms with Gasteiger partial charge in [0.1, 0.15) is 5.69 Å². The highest BCUT2D eigenvalue weighted by Crippen LogP contribution is 2.26. The lowest BCUT2D eigenvalue weighted by molar-refractivity contribution is 0.0943. The summed E-state index contributed by atoms with van der Waals surface area (Å²) in [5.74, 6) is -0.302. The molecule has 2 aromatic heterocycles. The van der Waals surface area contributed by atoms with Gasteiger partial charge in [-0.3, -0.25) is 9.59 Å². The van der Waals surface area contributed by atoms with Gasteiger partial charge in [0.25, 0.3) is 11.5 Å². The van der Waals surface area contributed by atoms with Gasteiger partial charge in [0.2, 0.25) is 0 Å². The van der Waals surface area contributed by atoms with Crippen LogP contribution in [0.1, 0.15) is 39.8 Å². The molecular formula is C19H22N4O2. The lowest BCUT2D eigenvalue weighted by Gasteiger charge is -2.08. The van der Waals surface area contributed by atoms with Crippen LogP contribution in [0.15, 0.2) is 29.1 Å². The van der Waals surface area contributed by atoms with E-state index in [1.165, 1.54) is 35.8 Å². The van der Waals surface area contributed by atoms with Gasteiger partial charge in [0.05, 0.1) is 5.52 Å². The van der Waals surface area contributed by atoms with E-state index in [0.717, 1.165) is 27.7 Å². The van der Waals surface area contributed by atoms with E-state index in [1.807, 2.05) is 0 Å². The second kappa shape index (κ2) is 6.55. The predicted octanol–water partition coefficient (Wildman–Crippen LogP) is 2.37. The molecule has 2 N–H and O–H groups in total. The van der Waals surface area contributed by atoms with Crippen molar-refractivity contribution in [3.05, 3.63) is 62.7 Å². The molecule has 0 saturated carbocycles. The Morgan fingerprint density at radius 3 is 2.72 bits per heavy atom. The van der Waals surface area contributed by atoms with Crippen LogP contribution in [0.5, 0.6) is 0 Å². The maximum absolute atomic E-state index is 12.3. The molecule has 6 heteroatoms. The average molecular weight is 338 g/mol. The number of nitrogens with one attached hydrogen (secondary N) is 2. The summed E-state index contributed by atoms with van der Waals surface area (Å²) < 4.78 is 1.15. The van der Waals surface area contributed by atoms with Gasteiger partial charge >= 0.3 is 0 Å². The molecule has 1 aromatic carbocycles. The number of carbonyl (C=O) groups excluding carboxylic acids is 1. The minimum Gasteiger partial charge on any atom is -0.358 e. The van der Waals surface area contributed by atoms with Crippen molar-refractivity contribution in [2.45, 2.75) is 33.7 Å². The Kier molecular flexibility index (Phi) is 4.44. The Balaban J connectivity index is 1.89. The van der Waals surface area contributed by atoms with Crippen LogP contribution in [0, 0.1) is 13.8 Å². The van der Waals surface area contributed by atoms with Crippen molar-refractivity contribution in [2.75, 3.05) is 0 Å². The zero-order valence-corrected chi connectivity index (χ0v) is 14.9. The minimum atomic E-state index is -0.302. The first-order valence-electron chi connectivity index (χ1n) is 8.34. The monoisotopic (exact) mass is 338 g/mol. The topological polar surface area (TPSA) is 79.8 Å². The molecular weight excluding hydrogens is 316 g/mol. The first-order valence-corrected chi connectivity index (χ1v) is 8.34. The zero-order chi connectivity index (χ0) is 18.1. The largest absolute Gasteiger partial charge is 0.358 e. The zero-order valence-electron chi connectivity index (χ0n) is 14.9. The minimum absolute atomic E-state index is 0.225. The molecule has 0 fully saturated rings. The van der Waals surface area contributed by atoms with E-state index in [9.17, 15) is 9.59 Å². The maximum atomic E-state index is 12.3. The number of H-pyrrole nitrogens is 1. The molecule has 130 valence electrons. The number of amides is 1. The molecule has 0 spiro atoms. The fraction of sp³-hybridized carbons (Fsp3) is 0.316. The molecule has 0 unspecified atom stereocenters. The molecule has 0 bridgehead atoms. The van der Waals surface area contributed by atoms with Crippen LogP contribution in [-0.2, 0) is 20.0 Å². The van der Waals surface area contributed by atoms with Crippen molar-refractivity contribution in [3.63, 3.8) is 0 Å². The molecule has 3 aromatic rings. The molecule has 0 saturated heterocycles. The van der Waals surface area contributed by atoms with Crippen LogP contribution in [-0.4, -0.2) is 20.7 Å². The third-order valence-corrected chi connectivity index (χ3v) is 4.48. The molecule has 0 aliphatic carbocycles. The quantitative estimate of drug-likeness (QED) is 0.766. The lowest BCUT2D eigenvalue weighted by atomic mass is 10.0. The Bertz CT molecular complexity index is 1010. The van der Waals surface area contributed by atoms with E-state index in [4.69, 9.17) is 0 Å². The van der Waals surface area contributed by atoms with Crippen LogP contribution in [0.4, 0.5) is 0 Å². The van der Waals surface area contributed by atoms with Crippen molar-refractivity contribution >= 4 is 16.8 Å². The number of rotatable bonds is 4. The second-order valence-electron chi connectivity index (χ2n) is 6.29. The van der Waals surface area contributed by atoms with Gasteiger partial charge < -0.3 is 10.3 Å². The highest BCUT2D eigenvalue weighted by atomic mass is 16.2. The van der Waals surface area contributed by atoms with Crippen molar-refractivity contribution in [3.8, 4) is 0 Å². The summed E-state index contributed by atoms with van der Waals surface area (Å²) in [4.78, 5) is 27.2. The van der Waals surface area contributed by atoms with Gasteiger partial charge in [-0.25, -0.2) is 4.68 Å². The third-order valence-electron chi connectivity index (χ3n) is 4.48. The molecule has 6 nitrogen and oxygen atoms in total. The van der Waals surface area contributed by atoms with E-state index in [2.05, 4.69) is 48.3 Å². The summed E-state index contributed by atoms with van der Waals surface area (Å²) in [7, 11) is 1.52. The molecule has 1 amide bonds. The maximum Gasteiger partial charge on any atom is 0.271 e. The number of hydrogen-bond donors (Lipinski definition) is 2. The SMILES string of the molecule is CCc1[nH]c2c(CNC(=O)c3ccc(=O)n(C)n3)cc(C)cc2c1C. The Labute approximate surface area is 145 Å². The highest BCUT2D eigenvalue weighted by molar-refractivity contribution is 5.93. The van der Waals surface area contributed by atoms with E-state index >= 15 is 0 Å². The van der Waals surface area contributed by atoms with Gasteiger partial charge in [0.15, 0.2) is 0 Å². The van der Waals surface area contributed by atoms with Gasteiger partial charge in [-0.15, -0.1) is 0 Å². The predicted molar refractivity (Wildman–Crippen MR) is 97.8 cm³/mol. The lowest BCUT2D eigenvalue weighted by Crippen LogP contribution is -2.28. The third kappa shape index (κ3) is 3.20. The first-order chi connectivity index (χ1) is 11.9.